The van der Waals surface area contributed by atoms with Gasteiger partial charge in [0, 0.05) is 32.4 Å². The molecule has 1 atom stereocenters. The molecule has 1 N–H and O–H groups in total. The van der Waals surface area contributed by atoms with Crippen LogP contribution in [0, 0.1) is 0 Å². The lowest BCUT2D eigenvalue weighted by atomic mass is 10.1. The van der Waals surface area contributed by atoms with Crippen LogP contribution in [-0.2, 0) is 11.3 Å². The van der Waals surface area contributed by atoms with Gasteiger partial charge in [-0.05, 0) is 37.9 Å². The van der Waals surface area contributed by atoms with Crippen LogP contribution in [-0.4, -0.2) is 37.3 Å². The highest BCUT2D eigenvalue weighted by Gasteiger charge is 2.21. The van der Waals surface area contributed by atoms with E-state index in [2.05, 4.69) is 35.1 Å². The van der Waals surface area contributed by atoms with Gasteiger partial charge in [0.05, 0.1) is 18.0 Å². The largest absolute Gasteiger partial charge is 0.377 e. The van der Waals surface area contributed by atoms with Crippen molar-refractivity contribution >= 4 is 5.69 Å². The number of aromatic nitrogens is 1. The molecule has 1 aromatic rings. The van der Waals surface area contributed by atoms with Crippen molar-refractivity contribution in [3.63, 3.8) is 0 Å². The zero-order valence-corrected chi connectivity index (χ0v) is 12.1. The van der Waals surface area contributed by atoms with E-state index >= 15 is 0 Å². The van der Waals surface area contributed by atoms with Crippen molar-refractivity contribution in [1.29, 1.82) is 0 Å². The lowest BCUT2D eigenvalue weighted by Gasteiger charge is -2.35. The highest BCUT2D eigenvalue weighted by molar-refractivity contribution is 5.52. The summed E-state index contributed by atoms with van der Waals surface area (Å²) in [5.74, 6) is 0. The van der Waals surface area contributed by atoms with Crippen molar-refractivity contribution in [2.24, 2.45) is 0 Å². The number of ether oxygens (including phenoxy) is 1. The van der Waals surface area contributed by atoms with E-state index in [1.54, 1.807) is 0 Å². The number of hydrogen-bond donors (Lipinski definition) is 1. The molecule has 0 radical (unpaired) electrons. The monoisotopic (exact) mass is 263 g/mol. The second-order valence-corrected chi connectivity index (χ2v) is 4.95. The Hall–Kier alpha value is -1.13. The van der Waals surface area contributed by atoms with Gasteiger partial charge in [-0.3, -0.25) is 4.98 Å². The van der Waals surface area contributed by atoms with Crippen LogP contribution in [0.15, 0.2) is 18.5 Å². The summed E-state index contributed by atoms with van der Waals surface area (Å²) in [5.41, 5.74) is 2.59. The van der Waals surface area contributed by atoms with E-state index < -0.39 is 0 Å². The molecule has 0 amide bonds. The molecule has 1 fully saturated rings. The number of nitrogens with zero attached hydrogens (tertiary/aromatic N) is 2. The van der Waals surface area contributed by atoms with Crippen molar-refractivity contribution in [3.05, 3.63) is 24.0 Å². The van der Waals surface area contributed by atoms with Crippen LogP contribution in [0.2, 0.25) is 0 Å². The fraction of sp³-hybridized carbons (Fsp3) is 0.667. The summed E-state index contributed by atoms with van der Waals surface area (Å²) in [7, 11) is 0. The Morgan fingerprint density at radius 3 is 3.16 bits per heavy atom. The van der Waals surface area contributed by atoms with Gasteiger partial charge < -0.3 is 15.0 Å². The van der Waals surface area contributed by atoms with Crippen molar-refractivity contribution in [3.8, 4) is 0 Å². The van der Waals surface area contributed by atoms with Gasteiger partial charge in [0.1, 0.15) is 0 Å². The predicted octanol–water partition coefficient (Wildman–Crippen LogP) is 2.20. The molecule has 1 saturated heterocycles. The van der Waals surface area contributed by atoms with Crippen LogP contribution >= 0.6 is 0 Å². The summed E-state index contributed by atoms with van der Waals surface area (Å²) < 4.78 is 5.78. The quantitative estimate of drug-likeness (QED) is 0.854. The third-order valence-corrected chi connectivity index (χ3v) is 3.57. The zero-order valence-electron chi connectivity index (χ0n) is 12.1. The van der Waals surface area contributed by atoms with Gasteiger partial charge in [-0.25, -0.2) is 0 Å². The van der Waals surface area contributed by atoms with Gasteiger partial charge in [0.2, 0.25) is 0 Å². The normalized spacial score (nSPS) is 19.7. The zero-order chi connectivity index (χ0) is 13.5. The van der Waals surface area contributed by atoms with Crippen LogP contribution in [0.5, 0.6) is 0 Å². The molecule has 19 heavy (non-hydrogen) atoms. The first-order valence-electron chi connectivity index (χ1n) is 7.35. The number of nitrogens with one attached hydrogen (secondary N) is 1. The van der Waals surface area contributed by atoms with Crippen LogP contribution in [0.3, 0.4) is 0 Å². The Kier molecular flexibility index (Phi) is 5.61. The molecule has 4 nitrogen and oxygen atoms in total. The molecule has 0 bridgehead atoms. The fourth-order valence-electron chi connectivity index (χ4n) is 2.64. The second-order valence-electron chi connectivity index (χ2n) is 4.95. The summed E-state index contributed by atoms with van der Waals surface area (Å²) in [4.78, 5) is 6.71. The Bertz CT molecular complexity index is 381. The third-order valence-electron chi connectivity index (χ3n) is 3.57. The minimum atomic E-state index is 0.367. The topological polar surface area (TPSA) is 37.4 Å². The molecule has 2 rings (SSSR count). The summed E-state index contributed by atoms with van der Waals surface area (Å²) in [5, 5.41) is 3.39. The SMILES string of the molecule is CCNCc1ccncc1N1CCCC(OCC)C1. The van der Waals surface area contributed by atoms with E-state index in [0.717, 1.165) is 32.8 Å². The molecular weight excluding hydrogens is 238 g/mol. The molecule has 1 aromatic heterocycles. The standard InChI is InChI=1S/C15H25N3O/c1-3-16-10-13-7-8-17-11-15(13)18-9-5-6-14(12-18)19-4-2/h7-8,11,14,16H,3-6,9-10,12H2,1-2H3. The lowest BCUT2D eigenvalue weighted by Crippen LogP contribution is -2.40. The average molecular weight is 263 g/mol. The summed E-state index contributed by atoms with van der Waals surface area (Å²) in [6.45, 7) is 8.99. The summed E-state index contributed by atoms with van der Waals surface area (Å²) in [6, 6.07) is 2.11. The Morgan fingerprint density at radius 2 is 2.37 bits per heavy atom. The number of rotatable bonds is 6. The molecule has 0 saturated carbocycles. The van der Waals surface area contributed by atoms with Gasteiger partial charge in [0.15, 0.2) is 0 Å². The van der Waals surface area contributed by atoms with Crippen LogP contribution < -0.4 is 10.2 Å². The van der Waals surface area contributed by atoms with Crippen molar-refractivity contribution in [1.82, 2.24) is 10.3 Å². The molecule has 0 spiro atoms. The van der Waals surface area contributed by atoms with Gasteiger partial charge >= 0.3 is 0 Å². The maximum absolute atomic E-state index is 5.78. The number of pyridine rings is 1. The molecule has 1 aliphatic rings. The first-order valence-corrected chi connectivity index (χ1v) is 7.35. The number of hydrogen-bond acceptors (Lipinski definition) is 4. The van der Waals surface area contributed by atoms with E-state index in [1.165, 1.54) is 24.1 Å². The Balaban J connectivity index is 2.07. The van der Waals surface area contributed by atoms with Crippen molar-refractivity contribution in [2.75, 3.05) is 31.1 Å². The minimum Gasteiger partial charge on any atom is -0.377 e. The van der Waals surface area contributed by atoms with E-state index in [9.17, 15) is 0 Å². The summed E-state index contributed by atoms with van der Waals surface area (Å²) in [6.07, 6.45) is 6.60. The van der Waals surface area contributed by atoms with E-state index in [4.69, 9.17) is 4.74 Å². The summed E-state index contributed by atoms with van der Waals surface area (Å²) >= 11 is 0. The molecule has 0 aliphatic carbocycles. The Morgan fingerprint density at radius 1 is 1.47 bits per heavy atom. The van der Waals surface area contributed by atoms with Gasteiger partial charge in [0.25, 0.3) is 0 Å². The first kappa shape index (κ1) is 14.3. The van der Waals surface area contributed by atoms with E-state index in [-0.39, 0.29) is 0 Å². The first-order chi connectivity index (χ1) is 9.35. The average Bonchev–Trinajstić information content (AvgIpc) is 2.46. The van der Waals surface area contributed by atoms with Gasteiger partial charge in [-0.15, -0.1) is 0 Å². The smallest absolute Gasteiger partial charge is 0.0750 e. The molecule has 1 unspecified atom stereocenters. The maximum atomic E-state index is 5.78. The second kappa shape index (κ2) is 7.46. The maximum Gasteiger partial charge on any atom is 0.0750 e. The highest BCUT2D eigenvalue weighted by atomic mass is 16.5. The molecular formula is C15H25N3O. The molecule has 1 aliphatic heterocycles. The predicted molar refractivity (Wildman–Crippen MR) is 78.5 cm³/mol. The van der Waals surface area contributed by atoms with E-state index in [0.29, 0.717) is 6.10 Å². The van der Waals surface area contributed by atoms with E-state index in [1.807, 2.05) is 12.4 Å². The van der Waals surface area contributed by atoms with Gasteiger partial charge in [-0.1, -0.05) is 6.92 Å². The number of anilines is 1. The van der Waals surface area contributed by atoms with Crippen LogP contribution in [0.4, 0.5) is 5.69 Å². The van der Waals surface area contributed by atoms with Crippen molar-refractivity contribution < 1.29 is 4.74 Å². The third kappa shape index (κ3) is 3.91. The van der Waals surface area contributed by atoms with Gasteiger partial charge in [-0.2, -0.15) is 0 Å². The molecule has 4 heteroatoms. The number of piperidine rings is 1. The Labute approximate surface area is 116 Å². The van der Waals surface area contributed by atoms with Crippen LogP contribution in [0.25, 0.3) is 0 Å². The van der Waals surface area contributed by atoms with Crippen molar-refractivity contribution in [2.45, 2.75) is 39.3 Å². The van der Waals surface area contributed by atoms with Crippen LogP contribution in [0.1, 0.15) is 32.3 Å². The molecule has 2 heterocycles. The molecule has 0 aromatic carbocycles. The minimum absolute atomic E-state index is 0.367. The molecule has 106 valence electrons. The fourth-order valence-corrected chi connectivity index (χ4v) is 2.64. The highest BCUT2D eigenvalue weighted by Crippen LogP contribution is 2.24. The lowest BCUT2D eigenvalue weighted by molar-refractivity contribution is 0.0526.